The lowest BCUT2D eigenvalue weighted by Gasteiger charge is -2.13. The summed E-state index contributed by atoms with van der Waals surface area (Å²) in [5, 5.41) is 6.62. The minimum atomic E-state index is 0.605. The molecule has 20 heavy (non-hydrogen) atoms. The molecule has 0 bridgehead atoms. The predicted molar refractivity (Wildman–Crippen MR) is 83.2 cm³/mol. The third-order valence-electron chi connectivity index (χ3n) is 3.37. The molecule has 0 aromatic rings. The third-order valence-corrected chi connectivity index (χ3v) is 3.37. The Bertz CT molecular complexity index is 264. The number of rotatable bonds is 9. The summed E-state index contributed by atoms with van der Waals surface area (Å²) in [6.07, 6.45) is 3.30. The van der Waals surface area contributed by atoms with Gasteiger partial charge in [0.25, 0.3) is 0 Å². The molecule has 2 N–H and O–H groups in total. The molecule has 0 amide bonds. The van der Waals surface area contributed by atoms with E-state index < -0.39 is 0 Å². The molecule has 1 atom stereocenters. The van der Waals surface area contributed by atoms with Crippen molar-refractivity contribution in [2.24, 2.45) is 16.8 Å². The molecule has 118 valence electrons. The van der Waals surface area contributed by atoms with Crippen LogP contribution in [0.2, 0.25) is 0 Å². The predicted octanol–water partition coefficient (Wildman–Crippen LogP) is 1.64. The molecule has 1 fully saturated rings. The van der Waals surface area contributed by atoms with Gasteiger partial charge in [-0.2, -0.15) is 0 Å². The van der Waals surface area contributed by atoms with Crippen molar-refractivity contribution in [3.63, 3.8) is 0 Å². The molecule has 5 heteroatoms. The van der Waals surface area contributed by atoms with Crippen molar-refractivity contribution in [3.05, 3.63) is 0 Å². The van der Waals surface area contributed by atoms with Gasteiger partial charge in [-0.05, 0) is 25.2 Å². The zero-order chi connectivity index (χ0) is 14.6. The topological polar surface area (TPSA) is 54.9 Å². The lowest BCUT2D eigenvalue weighted by atomic mass is 10.1. The zero-order valence-corrected chi connectivity index (χ0v) is 13.3. The number of ether oxygens (including phenoxy) is 2. The van der Waals surface area contributed by atoms with Gasteiger partial charge in [-0.25, -0.2) is 0 Å². The normalized spacial score (nSPS) is 19.6. The molecule has 1 heterocycles. The standard InChI is InChI=1S/C15H31N3O2/c1-13(2)5-8-18-15(16-3)17-7-4-9-19-11-14-6-10-20-12-14/h13-14H,4-12H2,1-3H3,(H2,16,17,18). The summed E-state index contributed by atoms with van der Waals surface area (Å²) in [6.45, 7) is 9.71. The second kappa shape index (κ2) is 10.9. The van der Waals surface area contributed by atoms with E-state index in [0.29, 0.717) is 11.8 Å². The van der Waals surface area contributed by atoms with E-state index in [1.54, 1.807) is 7.05 Å². The highest BCUT2D eigenvalue weighted by molar-refractivity contribution is 5.79. The van der Waals surface area contributed by atoms with Gasteiger partial charge in [-0.1, -0.05) is 13.8 Å². The maximum absolute atomic E-state index is 5.67. The van der Waals surface area contributed by atoms with Crippen LogP contribution >= 0.6 is 0 Å². The molecule has 1 aliphatic heterocycles. The highest BCUT2D eigenvalue weighted by Crippen LogP contribution is 2.12. The van der Waals surface area contributed by atoms with Crippen molar-refractivity contribution in [3.8, 4) is 0 Å². The molecular weight excluding hydrogens is 254 g/mol. The smallest absolute Gasteiger partial charge is 0.190 e. The monoisotopic (exact) mass is 285 g/mol. The fraction of sp³-hybridized carbons (Fsp3) is 0.933. The Balaban J connectivity index is 1.92. The van der Waals surface area contributed by atoms with Gasteiger partial charge in [0.1, 0.15) is 0 Å². The Labute approximate surface area is 123 Å². The number of nitrogens with one attached hydrogen (secondary N) is 2. The summed E-state index contributed by atoms with van der Waals surface area (Å²) in [6, 6.07) is 0. The van der Waals surface area contributed by atoms with E-state index in [1.807, 2.05) is 0 Å². The van der Waals surface area contributed by atoms with Crippen LogP contribution in [-0.2, 0) is 9.47 Å². The van der Waals surface area contributed by atoms with E-state index in [1.165, 1.54) is 0 Å². The van der Waals surface area contributed by atoms with Gasteiger partial charge in [0.15, 0.2) is 5.96 Å². The fourth-order valence-electron chi connectivity index (χ4n) is 2.05. The van der Waals surface area contributed by atoms with Gasteiger partial charge in [0, 0.05) is 39.3 Å². The maximum atomic E-state index is 5.67. The average molecular weight is 285 g/mol. The summed E-state index contributed by atoms with van der Waals surface area (Å²) in [5.41, 5.74) is 0. The number of aliphatic imine (C=N–C) groups is 1. The average Bonchev–Trinajstić information content (AvgIpc) is 2.93. The van der Waals surface area contributed by atoms with E-state index in [-0.39, 0.29) is 0 Å². The summed E-state index contributed by atoms with van der Waals surface area (Å²) < 4.78 is 11.0. The molecule has 1 aliphatic rings. The number of nitrogens with zero attached hydrogens (tertiary/aromatic N) is 1. The fourth-order valence-corrected chi connectivity index (χ4v) is 2.05. The highest BCUT2D eigenvalue weighted by atomic mass is 16.5. The van der Waals surface area contributed by atoms with Crippen LogP contribution in [0.4, 0.5) is 0 Å². The van der Waals surface area contributed by atoms with E-state index in [4.69, 9.17) is 9.47 Å². The molecule has 1 saturated heterocycles. The van der Waals surface area contributed by atoms with Crippen molar-refractivity contribution in [1.29, 1.82) is 0 Å². The van der Waals surface area contributed by atoms with E-state index in [2.05, 4.69) is 29.5 Å². The first-order valence-corrected chi connectivity index (χ1v) is 7.82. The van der Waals surface area contributed by atoms with Crippen LogP contribution in [0.3, 0.4) is 0 Å². The minimum Gasteiger partial charge on any atom is -0.381 e. The van der Waals surface area contributed by atoms with Crippen LogP contribution in [0.1, 0.15) is 33.1 Å². The van der Waals surface area contributed by atoms with E-state index in [9.17, 15) is 0 Å². The Morgan fingerprint density at radius 3 is 2.80 bits per heavy atom. The summed E-state index contributed by atoms with van der Waals surface area (Å²) >= 11 is 0. The van der Waals surface area contributed by atoms with Gasteiger partial charge in [-0.15, -0.1) is 0 Å². The minimum absolute atomic E-state index is 0.605. The molecule has 0 radical (unpaired) electrons. The van der Waals surface area contributed by atoms with Gasteiger partial charge >= 0.3 is 0 Å². The van der Waals surface area contributed by atoms with Gasteiger partial charge < -0.3 is 20.1 Å². The zero-order valence-electron chi connectivity index (χ0n) is 13.3. The Morgan fingerprint density at radius 2 is 2.15 bits per heavy atom. The lowest BCUT2D eigenvalue weighted by Crippen LogP contribution is -2.38. The second-order valence-electron chi connectivity index (χ2n) is 5.77. The summed E-state index contributed by atoms with van der Waals surface area (Å²) in [4.78, 5) is 4.20. The molecule has 0 aromatic carbocycles. The first-order chi connectivity index (χ1) is 9.72. The van der Waals surface area contributed by atoms with Crippen LogP contribution in [0, 0.1) is 11.8 Å². The second-order valence-corrected chi connectivity index (χ2v) is 5.77. The van der Waals surface area contributed by atoms with Gasteiger partial charge in [-0.3, -0.25) is 4.99 Å². The van der Waals surface area contributed by atoms with Crippen molar-refractivity contribution in [1.82, 2.24) is 10.6 Å². The van der Waals surface area contributed by atoms with Gasteiger partial charge in [0.05, 0.1) is 13.2 Å². The van der Waals surface area contributed by atoms with E-state index >= 15 is 0 Å². The number of guanidine groups is 1. The highest BCUT2D eigenvalue weighted by Gasteiger charge is 2.15. The molecule has 0 aliphatic carbocycles. The number of hydrogen-bond acceptors (Lipinski definition) is 3. The van der Waals surface area contributed by atoms with Crippen molar-refractivity contribution < 1.29 is 9.47 Å². The SMILES string of the molecule is CN=C(NCCCOCC1CCOC1)NCCC(C)C. The Morgan fingerprint density at radius 1 is 1.35 bits per heavy atom. The van der Waals surface area contributed by atoms with Crippen molar-refractivity contribution in [2.45, 2.75) is 33.1 Å². The molecule has 5 nitrogen and oxygen atoms in total. The molecule has 0 spiro atoms. The summed E-state index contributed by atoms with van der Waals surface area (Å²) in [5.74, 6) is 2.21. The quantitative estimate of drug-likeness (QED) is 0.384. The first-order valence-electron chi connectivity index (χ1n) is 7.82. The number of hydrogen-bond donors (Lipinski definition) is 2. The molecular formula is C15H31N3O2. The van der Waals surface area contributed by atoms with Crippen LogP contribution in [0.25, 0.3) is 0 Å². The molecule has 0 aromatic heterocycles. The summed E-state index contributed by atoms with van der Waals surface area (Å²) in [7, 11) is 1.81. The van der Waals surface area contributed by atoms with Crippen molar-refractivity contribution in [2.75, 3.05) is 46.6 Å². The third kappa shape index (κ3) is 8.38. The van der Waals surface area contributed by atoms with Gasteiger partial charge in [0.2, 0.25) is 0 Å². The van der Waals surface area contributed by atoms with E-state index in [0.717, 1.165) is 64.7 Å². The maximum Gasteiger partial charge on any atom is 0.190 e. The Kier molecular flexibility index (Phi) is 9.41. The molecule has 1 rings (SSSR count). The molecule has 0 saturated carbocycles. The lowest BCUT2D eigenvalue weighted by molar-refractivity contribution is 0.0888. The van der Waals surface area contributed by atoms with Crippen LogP contribution in [0.5, 0.6) is 0 Å². The Hall–Kier alpha value is -0.810. The van der Waals surface area contributed by atoms with Crippen LogP contribution < -0.4 is 10.6 Å². The van der Waals surface area contributed by atoms with Crippen molar-refractivity contribution >= 4 is 5.96 Å². The molecule has 1 unspecified atom stereocenters. The largest absolute Gasteiger partial charge is 0.381 e. The first kappa shape index (κ1) is 17.2. The van der Waals surface area contributed by atoms with Crippen LogP contribution in [-0.4, -0.2) is 52.5 Å². The van der Waals surface area contributed by atoms with Crippen LogP contribution in [0.15, 0.2) is 4.99 Å².